The topological polar surface area (TPSA) is 76.9 Å². The van der Waals surface area contributed by atoms with Crippen LogP contribution in [-0.4, -0.2) is 62.3 Å². The first-order valence-corrected chi connectivity index (χ1v) is 12.1. The van der Waals surface area contributed by atoms with Crippen LogP contribution in [0.1, 0.15) is 16.8 Å². The van der Waals surface area contributed by atoms with Crippen molar-refractivity contribution in [3.8, 4) is 11.5 Å². The number of aromatic nitrogens is 2. The summed E-state index contributed by atoms with van der Waals surface area (Å²) in [5.41, 5.74) is 2.59. The number of nitrogens with zero attached hydrogens (tertiary/aromatic N) is 4. The van der Waals surface area contributed by atoms with Crippen molar-refractivity contribution in [2.24, 2.45) is 7.05 Å². The molecule has 0 bridgehead atoms. The highest BCUT2D eigenvalue weighted by Crippen LogP contribution is 2.23. The van der Waals surface area contributed by atoms with Gasteiger partial charge in [0.05, 0.1) is 14.2 Å². The average molecular weight is 473 g/mol. The molecule has 0 aliphatic carbocycles. The second-order valence-corrected chi connectivity index (χ2v) is 10.0. The number of sulfonamides is 1. The predicted molar refractivity (Wildman–Crippen MR) is 128 cm³/mol. The van der Waals surface area contributed by atoms with Gasteiger partial charge in [-0.2, -0.15) is 9.40 Å². The Bertz CT molecular complexity index is 1090. The van der Waals surface area contributed by atoms with Crippen LogP contribution in [0.2, 0.25) is 0 Å². The molecule has 1 aromatic heterocycles. The maximum atomic E-state index is 13.7. The summed E-state index contributed by atoms with van der Waals surface area (Å²) in [6.07, 6.45) is 0.711. The van der Waals surface area contributed by atoms with E-state index < -0.39 is 10.0 Å². The summed E-state index contributed by atoms with van der Waals surface area (Å²) in [6, 6.07) is 16.5. The monoisotopic (exact) mass is 472 g/mol. The third-order valence-electron chi connectivity index (χ3n) is 5.41. The lowest BCUT2D eigenvalue weighted by Gasteiger charge is -2.21. The molecule has 0 aliphatic rings. The van der Waals surface area contributed by atoms with Crippen LogP contribution >= 0.6 is 0 Å². The number of aryl methyl sites for hydroxylation is 1. The zero-order valence-corrected chi connectivity index (χ0v) is 20.7. The molecule has 0 saturated carbocycles. The first kappa shape index (κ1) is 24.8. The van der Waals surface area contributed by atoms with Crippen molar-refractivity contribution >= 4 is 10.0 Å². The molecule has 33 heavy (non-hydrogen) atoms. The van der Waals surface area contributed by atoms with Crippen LogP contribution in [0.3, 0.4) is 0 Å². The third-order valence-corrected chi connectivity index (χ3v) is 7.08. The van der Waals surface area contributed by atoms with Crippen molar-refractivity contribution in [3.63, 3.8) is 0 Å². The second-order valence-electron chi connectivity index (χ2n) is 8.12. The molecule has 0 spiro atoms. The van der Waals surface area contributed by atoms with Crippen molar-refractivity contribution < 1.29 is 17.9 Å². The van der Waals surface area contributed by atoms with Gasteiger partial charge < -0.3 is 14.4 Å². The van der Waals surface area contributed by atoms with Crippen LogP contribution in [0.4, 0.5) is 0 Å². The number of rotatable bonds is 11. The minimum Gasteiger partial charge on any atom is -0.497 e. The van der Waals surface area contributed by atoms with E-state index in [9.17, 15) is 8.42 Å². The lowest BCUT2D eigenvalue weighted by atomic mass is 10.2. The van der Waals surface area contributed by atoms with Crippen LogP contribution in [0.25, 0.3) is 0 Å². The molecular formula is C24H32N4O4S. The summed E-state index contributed by atoms with van der Waals surface area (Å²) in [6.45, 7) is 1.23. The lowest BCUT2D eigenvalue weighted by Crippen LogP contribution is -2.30. The van der Waals surface area contributed by atoms with Gasteiger partial charge in [-0.1, -0.05) is 24.3 Å². The van der Waals surface area contributed by atoms with Crippen molar-refractivity contribution in [2.75, 3.05) is 34.9 Å². The molecule has 1 heterocycles. The molecule has 8 nitrogen and oxygen atoms in total. The van der Waals surface area contributed by atoms with E-state index in [-0.39, 0.29) is 18.1 Å². The van der Waals surface area contributed by atoms with E-state index in [1.54, 1.807) is 32.0 Å². The highest BCUT2D eigenvalue weighted by Gasteiger charge is 2.28. The number of hydrogen-bond donors (Lipinski definition) is 0. The van der Waals surface area contributed by atoms with Gasteiger partial charge in [0.1, 0.15) is 11.5 Å². The minimum absolute atomic E-state index is 0.0563. The number of likely N-dealkylation sites (N-methyl/N-ethyl adjacent to an activating group) is 1. The fourth-order valence-electron chi connectivity index (χ4n) is 3.40. The van der Waals surface area contributed by atoms with Gasteiger partial charge in [-0.15, -0.1) is 0 Å². The molecule has 9 heteroatoms. The molecule has 0 amide bonds. The zero-order chi connectivity index (χ0) is 24.0. The molecular weight excluding hydrogens is 440 g/mol. The summed E-state index contributed by atoms with van der Waals surface area (Å²) >= 11 is 0. The van der Waals surface area contributed by atoms with E-state index in [4.69, 9.17) is 9.47 Å². The Morgan fingerprint density at radius 3 is 1.79 bits per heavy atom. The van der Waals surface area contributed by atoms with Gasteiger partial charge >= 0.3 is 0 Å². The normalized spacial score (nSPS) is 11.8. The van der Waals surface area contributed by atoms with Crippen LogP contribution in [0, 0.1) is 0 Å². The Labute approximate surface area is 196 Å². The zero-order valence-electron chi connectivity index (χ0n) is 19.9. The Hall–Kier alpha value is -2.88. The summed E-state index contributed by atoms with van der Waals surface area (Å²) in [5, 5.41) is 4.40. The van der Waals surface area contributed by atoms with E-state index in [1.165, 1.54) is 4.31 Å². The second kappa shape index (κ2) is 10.8. The Balaban J connectivity index is 1.92. The summed E-state index contributed by atoms with van der Waals surface area (Å²) in [7, 11) is 5.11. The van der Waals surface area contributed by atoms with Gasteiger partial charge in [0, 0.05) is 38.8 Å². The quantitative estimate of drug-likeness (QED) is 0.427. The molecule has 0 aliphatic heterocycles. The molecule has 2 aromatic carbocycles. The van der Waals surface area contributed by atoms with E-state index >= 15 is 0 Å². The van der Waals surface area contributed by atoms with Crippen molar-refractivity contribution in [3.05, 3.63) is 71.4 Å². The maximum Gasteiger partial charge on any atom is 0.262 e. The van der Waals surface area contributed by atoms with Crippen LogP contribution < -0.4 is 9.47 Å². The Morgan fingerprint density at radius 2 is 1.36 bits per heavy atom. The first-order valence-electron chi connectivity index (χ1n) is 10.7. The highest BCUT2D eigenvalue weighted by molar-refractivity contribution is 7.89. The van der Waals surface area contributed by atoms with Gasteiger partial charge in [0.2, 0.25) is 0 Å². The molecule has 3 rings (SSSR count). The molecule has 178 valence electrons. The largest absolute Gasteiger partial charge is 0.497 e. The average Bonchev–Trinajstić information content (AvgIpc) is 3.19. The minimum atomic E-state index is -3.84. The molecule has 0 N–H and O–H groups in total. The fourth-order valence-corrected chi connectivity index (χ4v) is 4.82. The molecule has 0 radical (unpaired) electrons. The van der Waals surface area contributed by atoms with Crippen LogP contribution in [0.5, 0.6) is 11.5 Å². The summed E-state index contributed by atoms with van der Waals surface area (Å²) < 4.78 is 40.9. The van der Waals surface area contributed by atoms with Gasteiger partial charge in [0.25, 0.3) is 10.0 Å². The lowest BCUT2D eigenvalue weighted by molar-refractivity contribution is 0.395. The van der Waals surface area contributed by atoms with E-state index in [1.807, 2.05) is 62.6 Å². The van der Waals surface area contributed by atoms with E-state index in [2.05, 4.69) is 10.00 Å². The van der Waals surface area contributed by atoms with Crippen molar-refractivity contribution in [2.45, 2.75) is 24.5 Å². The molecule has 0 fully saturated rings. The SMILES string of the molecule is COc1ccc(CN(Cc2ccc(OC)cc2)S(=O)(=O)c2cc(CCN(C)C)n(C)n2)cc1. The predicted octanol–water partition coefficient (Wildman–Crippen LogP) is 2.93. The van der Waals surface area contributed by atoms with Crippen LogP contribution in [0.15, 0.2) is 59.6 Å². The van der Waals surface area contributed by atoms with Crippen molar-refractivity contribution in [1.82, 2.24) is 19.0 Å². The van der Waals surface area contributed by atoms with Gasteiger partial charge in [-0.05, 0) is 55.6 Å². The third kappa shape index (κ3) is 6.34. The van der Waals surface area contributed by atoms with Crippen LogP contribution in [-0.2, 0) is 36.6 Å². The number of ether oxygens (including phenoxy) is 2. The van der Waals surface area contributed by atoms with Gasteiger partial charge in [-0.25, -0.2) is 8.42 Å². The fraction of sp³-hybridized carbons (Fsp3) is 0.375. The summed E-state index contributed by atoms with van der Waals surface area (Å²) in [4.78, 5) is 2.06. The number of benzene rings is 2. The van der Waals surface area contributed by atoms with Gasteiger partial charge in [-0.3, -0.25) is 4.68 Å². The molecule has 0 atom stereocenters. The standard InChI is InChI=1S/C24H32N4O4S/c1-26(2)15-14-21-16-24(25-27(21)3)33(29,30)28(17-19-6-10-22(31-4)11-7-19)18-20-8-12-23(32-5)13-9-20/h6-13,16H,14-15,17-18H2,1-5H3. The number of methoxy groups -OCH3 is 2. The highest BCUT2D eigenvalue weighted by atomic mass is 32.2. The molecule has 3 aromatic rings. The molecule has 0 saturated heterocycles. The van der Waals surface area contributed by atoms with Crippen molar-refractivity contribution in [1.29, 1.82) is 0 Å². The van der Waals surface area contributed by atoms with E-state index in [0.717, 1.165) is 34.9 Å². The van der Waals surface area contributed by atoms with E-state index in [0.29, 0.717) is 6.42 Å². The molecule has 0 unspecified atom stereocenters. The number of hydrogen-bond acceptors (Lipinski definition) is 6. The smallest absolute Gasteiger partial charge is 0.262 e. The Kier molecular flexibility index (Phi) is 8.12. The summed E-state index contributed by atoms with van der Waals surface area (Å²) in [5.74, 6) is 1.44. The first-order chi connectivity index (χ1) is 15.7. The maximum absolute atomic E-state index is 13.7. The van der Waals surface area contributed by atoms with Gasteiger partial charge in [0.15, 0.2) is 5.03 Å². The Morgan fingerprint density at radius 1 is 0.879 bits per heavy atom.